The van der Waals surface area contributed by atoms with Gasteiger partial charge in [0.05, 0.1) is 10.8 Å². The smallest absolute Gasteiger partial charge is 0.239 e. The van der Waals surface area contributed by atoms with Crippen molar-refractivity contribution in [3.63, 3.8) is 0 Å². The molecule has 0 bridgehead atoms. The van der Waals surface area contributed by atoms with E-state index in [-0.39, 0.29) is 10.7 Å². The van der Waals surface area contributed by atoms with Crippen molar-refractivity contribution in [3.05, 3.63) is 0 Å². The van der Waals surface area contributed by atoms with Gasteiger partial charge in [0.25, 0.3) is 0 Å². The molecule has 82 valence electrons. The zero-order chi connectivity index (χ0) is 10.9. The topological polar surface area (TPSA) is 63.4 Å². The SMILES string of the molecule is CC(N)C(=O)N1CCS(=O)C(C)(C)C1. The summed E-state index contributed by atoms with van der Waals surface area (Å²) in [5, 5.41) is 0. The molecule has 0 aromatic rings. The number of rotatable bonds is 1. The Kier molecular flexibility index (Phi) is 3.32. The molecule has 0 aromatic heterocycles. The van der Waals surface area contributed by atoms with E-state index in [1.165, 1.54) is 0 Å². The summed E-state index contributed by atoms with van der Waals surface area (Å²) in [5.41, 5.74) is 5.52. The Labute approximate surface area is 87.3 Å². The van der Waals surface area contributed by atoms with Crippen LogP contribution in [0.25, 0.3) is 0 Å². The molecule has 1 amide bonds. The first-order valence-corrected chi connectivity index (χ1v) is 6.09. The summed E-state index contributed by atoms with van der Waals surface area (Å²) in [6.07, 6.45) is 0. The minimum atomic E-state index is -0.836. The van der Waals surface area contributed by atoms with Gasteiger partial charge in [-0.25, -0.2) is 0 Å². The molecule has 1 aliphatic heterocycles. The minimum Gasteiger partial charge on any atom is -0.339 e. The van der Waals surface area contributed by atoms with Crippen molar-refractivity contribution in [3.8, 4) is 0 Å². The van der Waals surface area contributed by atoms with Crippen molar-refractivity contribution in [1.82, 2.24) is 4.90 Å². The van der Waals surface area contributed by atoms with Gasteiger partial charge in [-0.1, -0.05) is 0 Å². The van der Waals surface area contributed by atoms with Crippen LogP contribution in [0, 0.1) is 0 Å². The predicted molar refractivity (Wildman–Crippen MR) is 57.3 cm³/mol. The Hall–Kier alpha value is -0.420. The number of carbonyl (C=O) groups is 1. The maximum absolute atomic E-state index is 11.6. The molecule has 14 heavy (non-hydrogen) atoms. The lowest BCUT2D eigenvalue weighted by Crippen LogP contribution is -2.55. The summed E-state index contributed by atoms with van der Waals surface area (Å²) in [6, 6.07) is -0.461. The molecule has 0 radical (unpaired) electrons. The Balaban J connectivity index is 2.69. The van der Waals surface area contributed by atoms with E-state index in [0.29, 0.717) is 18.8 Å². The number of hydrogen-bond acceptors (Lipinski definition) is 3. The lowest BCUT2D eigenvalue weighted by Gasteiger charge is -2.37. The fourth-order valence-corrected chi connectivity index (χ4v) is 2.79. The van der Waals surface area contributed by atoms with E-state index < -0.39 is 16.8 Å². The third-order valence-corrected chi connectivity index (χ3v) is 4.35. The molecule has 4 nitrogen and oxygen atoms in total. The van der Waals surface area contributed by atoms with Gasteiger partial charge in [-0.2, -0.15) is 0 Å². The van der Waals surface area contributed by atoms with Crippen LogP contribution in [-0.2, 0) is 15.6 Å². The molecular formula is C9H18N2O2S. The van der Waals surface area contributed by atoms with E-state index in [0.717, 1.165) is 0 Å². The molecule has 0 saturated carbocycles. The standard InChI is InChI=1S/C9H18N2O2S/c1-7(10)8(12)11-4-5-14(13)9(2,3)6-11/h7H,4-6,10H2,1-3H3. The zero-order valence-corrected chi connectivity index (χ0v) is 9.76. The van der Waals surface area contributed by atoms with E-state index in [1.54, 1.807) is 11.8 Å². The number of amides is 1. The summed E-state index contributed by atoms with van der Waals surface area (Å²) in [4.78, 5) is 13.3. The Bertz CT molecular complexity index is 264. The van der Waals surface area contributed by atoms with Gasteiger partial charge in [0, 0.05) is 29.6 Å². The van der Waals surface area contributed by atoms with Crippen molar-refractivity contribution in [2.24, 2.45) is 5.73 Å². The minimum absolute atomic E-state index is 0.0465. The van der Waals surface area contributed by atoms with Crippen molar-refractivity contribution < 1.29 is 9.00 Å². The van der Waals surface area contributed by atoms with E-state index in [4.69, 9.17) is 5.73 Å². The van der Waals surface area contributed by atoms with Gasteiger partial charge in [-0.3, -0.25) is 9.00 Å². The van der Waals surface area contributed by atoms with Crippen molar-refractivity contribution >= 4 is 16.7 Å². The van der Waals surface area contributed by atoms with Crippen molar-refractivity contribution in [2.75, 3.05) is 18.8 Å². The third-order valence-electron chi connectivity index (χ3n) is 2.44. The highest BCUT2D eigenvalue weighted by Gasteiger charge is 2.35. The summed E-state index contributed by atoms with van der Waals surface area (Å²) >= 11 is 0. The average Bonchev–Trinajstić information content (AvgIpc) is 2.08. The van der Waals surface area contributed by atoms with Gasteiger partial charge in [0.2, 0.25) is 5.91 Å². The first-order valence-electron chi connectivity index (χ1n) is 4.77. The normalized spacial score (nSPS) is 28.6. The molecule has 1 aliphatic rings. The lowest BCUT2D eigenvalue weighted by molar-refractivity contribution is -0.132. The fourth-order valence-electron chi connectivity index (χ4n) is 1.56. The van der Waals surface area contributed by atoms with Crippen molar-refractivity contribution in [2.45, 2.75) is 31.6 Å². The van der Waals surface area contributed by atoms with Crippen molar-refractivity contribution in [1.29, 1.82) is 0 Å². The molecule has 2 N–H and O–H groups in total. The lowest BCUT2D eigenvalue weighted by atomic mass is 10.1. The molecule has 0 aromatic carbocycles. The van der Waals surface area contributed by atoms with Crippen LogP contribution in [0.15, 0.2) is 0 Å². The number of nitrogens with zero attached hydrogens (tertiary/aromatic N) is 1. The van der Waals surface area contributed by atoms with Gasteiger partial charge < -0.3 is 10.6 Å². The van der Waals surface area contributed by atoms with Crippen LogP contribution in [0.4, 0.5) is 0 Å². The average molecular weight is 218 g/mol. The molecule has 0 aliphatic carbocycles. The Morgan fingerprint density at radius 3 is 2.57 bits per heavy atom. The highest BCUT2D eigenvalue weighted by molar-refractivity contribution is 7.86. The fraction of sp³-hybridized carbons (Fsp3) is 0.889. The Morgan fingerprint density at radius 1 is 1.57 bits per heavy atom. The second kappa shape index (κ2) is 3.98. The van der Waals surface area contributed by atoms with Crippen LogP contribution in [-0.4, -0.2) is 44.6 Å². The van der Waals surface area contributed by atoms with Gasteiger partial charge in [0.15, 0.2) is 0 Å². The molecule has 1 saturated heterocycles. The maximum atomic E-state index is 11.6. The monoisotopic (exact) mass is 218 g/mol. The first-order chi connectivity index (χ1) is 6.34. The summed E-state index contributed by atoms with van der Waals surface area (Å²) in [5.74, 6) is 0.514. The Morgan fingerprint density at radius 2 is 2.14 bits per heavy atom. The first kappa shape index (κ1) is 11.7. The number of hydrogen-bond donors (Lipinski definition) is 1. The zero-order valence-electron chi connectivity index (χ0n) is 8.95. The van der Waals surface area contributed by atoms with E-state index in [9.17, 15) is 9.00 Å². The van der Waals surface area contributed by atoms with Crippen LogP contribution >= 0.6 is 0 Å². The molecule has 2 unspecified atom stereocenters. The molecule has 1 fully saturated rings. The molecule has 5 heteroatoms. The maximum Gasteiger partial charge on any atom is 0.239 e. The highest BCUT2D eigenvalue weighted by Crippen LogP contribution is 2.20. The van der Waals surface area contributed by atoms with Crippen LogP contribution < -0.4 is 5.73 Å². The largest absolute Gasteiger partial charge is 0.339 e. The van der Waals surface area contributed by atoms with Crippen LogP contribution in [0.1, 0.15) is 20.8 Å². The third kappa shape index (κ3) is 2.33. The summed E-state index contributed by atoms with van der Waals surface area (Å²) in [6.45, 7) is 6.63. The highest BCUT2D eigenvalue weighted by atomic mass is 32.2. The predicted octanol–water partition coefficient (Wildman–Crippen LogP) is -0.297. The summed E-state index contributed by atoms with van der Waals surface area (Å²) < 4.78 is 11.3. The molecule has 2 atom stereocenters. The van der Waals surface area contributed by atoms with Crippen LogP contribution in [0.3, 0.4) is 0 Å². The van der Waals surface area contributed by atoms with Crippen LogP contribution in [0.5, 0.6) is 0 Å². The van der Waals surface area contributed by atoms with Gasteiger partial charge in [-0.15, -0.1) is 0 Å². The molecule has 1 rings (SSSR count). The van der Waals surface area contributed by atoms with Crippen LogP contribution in [0.2, 0.25) is 0 Å². The molecular weight excluding hydrogens is 200 g/mol. The van der Waals surface area contributed by atoms with E-state index in [1.807, 2.05) is 13.8 Å². The van der Waals surface area contributed by atoms with Gasteiger partial charge >= 0.3 is 0 Å². The van der Waals surface area contributed by atoms with E-state index >= 15 is 0 Å². The molecule has 0 spiro atoms. The number of nitrogens with two attached hydrogens (primary N) is 1. The van der Waals surface area contributed by atoms with E-state index in [2.05, 4.69) is 0 Å². The quantitative estimate of drug-likeness (QED) is 0.657. The van der Waals surface area contributed by atoms with Gasteiger partial charge in [0.1, 0.15) is 0 Å². The second-order valence-electron chi connectivity index (χ2n) is 4.36. The second-order valence-corrected chi connectivity index (χ2v) is 6.56. The number of carbonyl (C=O) groups excluding carboxylic acids is 1. The summed E-state index contributed by atoms with van der Waals surface area (Å²) in [7, 11) is -0.836. The molecule has 1 heterocycles. The van der Waals surface area contributed by atoms with Gasteiger partial charge in [-0.05, 0) is 20.8 Å².